The largest absolute Gasteiger partial charge is 0.439 e. The van der Waals surface area contributed by atoms with Crippen LogP contribution in [0, 0.1) is 0 Å². The summed E-state index contributed by atoms with van der Waals surface area (Å²) < 4.78 is 40.8. The lowest BCUT2D eigenvalue weighted by atomic mass is 9.94. The van der Waals surface area contributed by atoms with Crippen LogP contribution < -0.4 is 15.1 Å². The molecule has 2 aliphatic heterocycles. The summed E-state index contributed by atoms with van der Waals surface area (Å²) in [6.45, 7) is 0. The van der Waals surface area contributed by atoms with E-state index < -0.39 is 14.7 Å². The first kappa shape index (κ1) is 20.0. The quantitative estimate of drug-likeness (QED) is 0.450. The fourth-order valence-electron chi connectivity index (χ4n) is 4.83. The molecule has 4 nitrogen and oxygen atoms in total. The van der Waals surface area contributed by atoms with Crippen LogP contribution in [0.15, 0.2) is 91.0 Å². The van der Waals surface area contributed by atoms with Gasteiger partial charge in [0.1, 0.15) is 5.75 Å². The summed E-state index contributed by atoms with van der Waals surface area (Å²) in [7, 11) is -6.50. The summed E-state index contributed by atoms with van der Waals surface area (Å²) in [5.74, 6) is 0.611. The third-order valence-electron chi connectivity index (χ3n) is 6.37. The van der Waals surface area contributed by atoms with Gasteiger partial charge in [-0.2, -0.15) is 0 Å². The van der Waals surface area contributed by atoms with E-state index in [0.717, 1.165) is 27.6 Å². The Morgan fingerprint density at radius 1 is 0.750 bits per heavy atom. The van der Waals surface area contributed by atoms with Crippen molar-refractivity contribution in [3.05, 3.63) is 96.6 Å². The molecule has 160 valence electrons. The van der Waals surface area contributed by atoms with Gasteiger partial charge in [-0.25, -0.2) is 0 Å². The third kappa shape index (κ3) is 3.10. The van der Waals surface area contributed by atoms with E-state index >= 15 is 0 Å². The Hall–Kier alpha value is -2.64. The molecule has 3 aromatic rings. The van der Waals surface area contributed by atoms with Crippen LogP contribution in [0.25, 0.3) is 16.7 Å². The Labute approximate surface area is 187 Å². The predicted molar refractivity (Wildman–Crippen MR) is 130 cm³/mol. The second-order valence-corrected chi connectivity index (χ2v) is 13.2. The van der Waals surface area contributed by atoms with Gasteiger partial charge in [-0.05, 0) is 41.3 Å². The van der Waals surface area contributed by atoms with E-state index in [2.05, 4.69) is 0 Å². The van der Waals surface area contributed by atoms with Gasteiger partial charge in [0.25, 0.3) is 7.37 Å². The highest BCUT2D eigenvalue weighted by Gasteiger charge is 2.43. The fraction of sp³-hybridized carbons (Fsp3) is 0.154. The average molecular weight is 460 g/mol. The monoisotopic (exact) mass is 460 g/mol. The number of fused-ring (bicyclic) bond motifs is 6. The summed E-state index contributed by atoms with van der Waals surface area (Å²) in [5.41, 5.74) is 3.90. The Balaban J connectivity index is 1.38. The zero-order chi connectivity index (χ0) is 21.8. The normalized spacial score (nSPS) is 27.2. The lowest BCUT2D eigenvalue weighted by molar-refractivity contribution is 0.263. The van der Waals surface area contributed by atoms with E-state index in [9.17, 15) is 9.13 Å². The zero-order valence-electron chi connectivity index (χ0n) is 17.4. The summed E-state index contributed by atoms with van der Waals surface area (Å²) in [6, 6.07) is 23.1. The van der Waals surface area contributed by atoms with Crippen LogP contribution >= 0.6 is 14.7 Å². The van der Waals surface area contributed by atoms with Gasteiger partial charge in [0.05, 0.1) is 11.4 Å². The smallest absolute Gasteiger partial charge is 0.278 e. The molecule has 0 amide bonds. The fourth-order valence-corrected chi connectivity index (χ4v) is 10.7. The van der Waals surface area contributed by atoms with E-state index in [4.69, 9.17) is 9.05 Å². The molecule has 2 heterocycles. The van der Waals surface area contributed by atoms with Crippen molar-refractivity contribution in [2.75, 3.05) is 12.3 Å². The molecule has 0 aromatic heterocycles. The number of rotatable bonds is 3. The maximum absolute atomic E-state index is 14.2. The van der Waals surface area contributed by atoms with Gasteiger partial charge < -0.3 is 9.05 Å². The highest BCUT2D eigenvalue weighted by Crippen LogP contribution is 2.60. The van der Waals surface area contributed by atoms with Gasteiger partial charge in [0, 0.05) is 23.2 Å². The van der Waals surface area contributed by atoms with Crippen LogP contribution in [0.3, 0.4) is 0 Å². The zero-order valence-corrected chi connectivity index (χ0v) is 19.2. The molecule has 3 atom stereocenters. The molecule has 0 saturated heterocycles. The van der Waals surface area contributed by atoms with Crippen molar-refractivity contribution < 1.29 is 18.2 Å². The maximum Gasteiger partial charge on any atom is 0.278 e. The summed E-state index contributed by atoms with van der Waals surface area (Å²) in [5, 5.41) is 1.41. The first-order valence-corrected chi connectivity index (χ1v) is 14.4. The van der Waals surface area contributed by atoms with Crippen LogP contribution in [0.5, 0.6) is 5.75 Å². The van der Waals surface area contributed by atoms with E-state index in [1.807, 2.05) is 91.0 Å². The van der Waals surface area contributed by atoms with Gasteiger partial charge in [0.2, 0.25) is 7.37 Å². The van der Waals surface area contributed by atoms with Gasteiger partial charge in [-0.1, -0.05) is 72.8 Å². The Kier molecular flexibility index (Phi) is 4.66. The molecule has 0 radical (unpaired) electrons. The molecule has 0 saturated carbocycles. The molecule has 0 bridgehead atoms. The van der Waals surface area contributed by atoms with Crippen LogP contribution in [0.4, 0.5) is 0 Å². The minimum Gasteiger partial charge on any atom is -0.439 e. The molecule has 6 rings (SSSR count). The molecule has 6 heteroatoms. The predicted octanol–water partition coefficient (Wildman–Crippen LogP) is 6.00. The van der Waals surface area contributed by atoms with Gasteiger partial charge in [-0.15, -0.1) is 0 Å². The first-order valence-electron chi connectivity index (χ1n) is 10.8. The Bertz CT molecular complexity index is 1390. The van der Waals surface area contributed by atoms with Crippen LogP contribution in [0.2, 0.25) is 0 Å². The summed E-state index contributed by atoms with van der Waals surface area (Å²) in [4.78, 5) is 0. The first-order chi connectivity index (χ1) is 15.6. The highest BCUT2D eigenvalue weighted by atomic mass is 31.2. The van der Waals surface area contributed by atoms with Crippen molar-refractivity contribution >= 4 is 30.9 Å². The van der Waals surface area contributed by atoms with Crippen molar-refractivity contribution in [2.45, 2.75) is 12.5 Å². The third-order valence-corrected chi connectivity index (χ3v) is 11.7. The summed E-state index contributed by atoms with van der Waals surface area (Å²) in [6.07, 6.45) is 6.87. The molecule has 0 fully saturated rings. The number of para-hydroxylation sites is 1. The number of benzene rings is 3. The van der Waals surface area contributed by atoms with Crippen LogP contribution in [0.1, 0.15) is 12.0 Å². The van der Waals surface area contributed by atoms with Crippen molar-refractivity contribution in [1.82, 2.24) is 0 Å². The molecular weight excluding hydrogens is 438 g/mol. The molecule has 0 N–H and O–H groups in total. The molecule has 3 aliphatic rings. The van der Waals surface area contributed by atoms with Crippen molar-refractivity contribution in [3.8, 4) is 16.9 Å². The van der Waals surface area contributed by atoms with E-state index in [1.54, 1.807) is 0 Å². The molecule has 0 spiro atoms. The van der Waals surface area contributed by atoms with E-state index in [-0.39, 0.29) is 18.4 Å². The SMILES string of the molecule is O=P1(CCP2(=O)Oc3ccccc3-c3ccccc32)OC2CC=CC=C2c2ccccc21. The Morgan fingerprint density at radius 3 is 2.19 bits per heavy atom. The lowest BCUT2D eigenvalue weighted by Gasteiger charge is -2.36. The van der Waals surface area contributed by atoms with Gasteiger partial charge in [-0.3, -0.25) is 9.13 Å². The number of hydrogen-bond donors (Lipinski definition) is 0. The second-order valence-electron chi connectivity index (χ2n) is 8.30. The van der Waals surface area contributed by atoms with Crippen molar-refractivity contribution in [1.29, 1.82) is 0 Å². The van der Waals surface area contributed by atoms with Crippen molar-refractivity contribution in [3.63, 3.8) is 0 Å². The molecule has 32 heavy (non-hydrogen) atoms. The minimum atomic E-state index is -3.27. The average Bonchev–Trinajstić information content (AvgIpc) is 2.84. The molecule has 1 aliphatic carbocycles. The molecule has 3 unspecified atom stereocenters. The number of allylic oxidation sites excluding steroid dienone is 2. The van der Waals surface area contributed by atoms with E-state index in [1.165, 1.54) is 0 Å². The topological polar surface area (TPSA) is 52.6 Å². The van der Waals surface area contributed by atoms with Crippen LogP contribution in [-0.2, 0) is 13.7 Å². The van der Waals surface area contributed by atoms with E-state index in [0.29, 0.717) is 17.5 Å². The molecular formula is C26H22O4P2. The molecule has 3 aromatic carbocycles. The number of hydrogen-bond acceptors (Lipinski definition) is 4. The second kappa shape index (κ2) is 7.46. The Morgan fingerprint density at radius 2 is 1.38 bits per heavy atom. The van der Waals surface area contributed by atoms with Crippen molar-refractivity contribution in [2.24, 2.45) is 0 Å². The summed E-state index contributed by atoms with van der Waals surface area (Å²) >= 11 is 0. The van der Waals surface area contributed by atoms with Gasteiger partial charge >= 0.3 is 0 Å². The standard InChI is InChI=1S/C26H22O4P2/c27-31(25-15-7-3-11-21(25)19-9-1-5-13-23(19)29-31)17-18-32(28)26-16-8-4-12-22(26)20-10-2-6-14-24(20)30-32/h1-13,15-16,24H,14,17-18H2. The highest BCUT2D eigenvalue weighted by molar-refractivity contribution is 7.71. The van der Waals surface area contributed by atoms with Gasteiger partial charge in [0.15, 0.2) is 0 Å². The lowest BCUT2D eigenvalue weighted by Crippen LogP contribution is -2.31. The minimum absolute atomic E-state index is 0.158. The van der Waals surface area contributed by atoms with Crippen LogP contribution in [-0.4, -0.2) is 18.4 Å². The maximum atomic E-state index is 14.2.